The molecule has 0 heterocycles. The molecule has 0 saturated heterocycles. The van der Waals surface area contributed by atoms with Crippen LogP contribution in [0, 0.1) is 13.8 Å². The Morgan fingerprint density at radius 3 is 1.91 bits per heavy atom. The zero-order chi connectivity index (χ0) is 23.3. The highest BCUT2D eigenvalue weighted by atomic mass is 16.5. The summed E-state index contributed by atoms with van der Waals surface area (Å²) in [5, 5.41) is 2.89. The number of anilines is 1. The quantitative estimate of drug-likeness (QED) is 0.424. The molecule has 3 rings (SSSR count). The van der Waals surface area contributed by atoms with Gasteiger partial charge in [-0.15, -0.1) is 0 Å². The van der Waals surface area contributed by atoms with Gasteiger partial charge in [-0.3, -0.25) is 4.79 Å². The Hall–Kier alpha value is -4.00. The molecule has 0 saturated carbocycles. The summed E-state index contributed by atoms with van der Waals surface area (Å²) in [5.41, 5.74) is 3.53. The average molecular weight is 435 g/mol. The van der Waals surface area contributed by atoms with E-state index in [0.717, 1.165) is 16.8 Å². The number of carbonyl (C=O) groups is 2. The van der Waals surface area contributed by atoms with E-state index in [1.54, 1.807) is 24.3 Å². The number of ether oxygens (including phenoxy) is 4. The van der Waals surface area contributed by atoms with E-state index in [1.807, 2.05) is 32.0 Å². The third kappa shape index (κ3) is 5.00. The van der Waals surface area contributed by atoms with Gasteiger partial charge in [-0.25, -0.2) is 4.79 Å². The Morgan fingerprint density at radius 2 is 1.38 bits per heavy atom. The third-order valence-electron chi connectivity index (χ3n) is 4.86. The molecule has 7 nitrogen and oxygen atoms in total. The van der Waals surface area contributed by atoms with Crippen molar-refractivity contribution in [2.75, 3.05) is 26.6 Å². The summed E-state index contributed by atoms with van der Waals surface area (Å²) in [5.74, 6) is 0.517. The van der Waals surface area contributed by atoms with Gasteiger partial charge in [-0.2, -0.15) is 0 Å². The molecule has 0 aliphatic heterocycles. The highest BCUT2D eigenvalue weighted by Gasteiger charge is 2.18. The summed E-state index contributed by atoms with van der Waals surface area (Å²) in [4.78, 5) is 25.2. The SMILES string of the molecule is COc1cc(C(=O)Oc2ccc(C(=O)Nc3ccc(C)cc3C)cc2)cc(OC)c1OC. The van der Waals surface area contributed by atoms with Gasteiger partial charge in [0.1, 0.15) is 5.75 Å². The van der Waals surface area contributed by atoms with Crippen LogP contribution in [0.3, 0.4) is 0 Å². The Morgan fingerprint density at radius 1 is 0.750 bits per heavy atom. The van der Waals surface area contributed by atoms with Crippen molar-refractivity contribution in [2.45, 2.75) is 13.8 Å². The third-order valence-corrected chi connectivity index (χ3v) is 4.86. The van der Waals surface area contributed by atoms with Crippen molar-refractivity contribution >= 4 is 17.6 Å². The van der Waals surface area contributed by atoms with Crippen molar-refractivity contribution in [3.05, 3.63) is 76.9 Å². The maximum Gasteiger partial charge on any atom is 0.343 e. The van der Waals surface area contributed by atoms with E-state index in [2.05, 4.69) is 5.32 Å². The molecule has 0 radical (unpaired) electrons. The first-order valence-corrected chi connectivity index (χ1v) is 9.87. The lowest BCUT2D eigenvalue weighted by molar-refractivity contribution is 0.0733. The number of carbonyl (C=O) groups excluding carboxylic acids is 2. The van der Waals surface area contributed by atoms with Crippen LogP contribution in [0.4, 0.5) is 5.69 Å². The zero-order valence-corrected chi connectivity index (χ0v) is 18.6. The molecule has 1 amide bonds. The van der Waals surface area contributed by atoms with Crippen molar-refractivity contribution in [2.24, 2.45) is 0 Å². The molecule has 166 valence electrons. The van der Waals surface area contributed by atoms with Crippen LogP contribution in [0.1, 0.15) is 31.8 Å². The van der Waals surface area contributed by atoms with Crippen LogP contribution in [0.5, 0.6) is 23.0 Å². The van der Waals surface area contributed by atoms with E-state index >= 15 is 0 Å². The van der Waals surface area contributed by atoms with Gasteiger partial charge in [0.2, 0.25) is 5.75 Å². The number of benzene rings is 3. The minimum atomic E-state index is -0.600. The summed E-state index contributed by atoms with van der Waals surface area (Å²) >= 11 is 0. The van der Waals surface area contributed by atoms with E-state index in [0.29, 0.717) is 28.6 Å². The molecule has 1 N–H and O–H groups in total. The number of hydrogen-bond acceptors (Lipinski definition) is 6. The molecular formula is C25H25NO6. The number of nitrogens with one attached hydrogen (secondary N) is 1. The minimum Gasteiger partial charge on any atom is -0.493 e. The molecule has 3 aromatic rings. The first kappa shape index (κ1) is 22.7. The highest BCUT2D eigenvalue weighted by Crippen LogP contribution is 2.38. The largest absolute Gasteiger partial charge is 0.493 e. The molecule has 3 aromatic carbocycles. The number of aryl methyl sites for hydroxylation is 2. The maximum absolute atomic E-state index is 12.6. The number of methoxy groups -OCH3 is 3. The second-order valence-electron chi connectivity index (χ2n) is 7.10. The van der Waals surface area contributed by atoms with Crippen LogP contribution in [-0.2, 0) is 0 Å². The van der Waals surface area contributed by atoms with Gasteiger partial charge < -0.3 is 24.3 Å². The van der Waals surface area contributed by atoms with Crippen LogP contribution >= 0.6 is 0 Å². The maximum atomic E-state index is 12.6. The first-order chi connectivity index (χ1) is 15.4. The van der Waals surface area contributed by atoms with E-state index in [-0.39, 0.29) is 11.5 Å². The van der Waals surface area contributed by atoms with Gasteiger partial charge in [-0.1, -0.05) is 17.7 Å². The Kier molecular flexibility index (Phi) is 7.00. The van der Waals surface area contributed by atoms with Crippen molar-refractivity contribution < 1.29 is 28.5 Å². The average Bonchev–Trinajstić information content (AvgIpc) is 2.80. The fourth-order valence-electron chi connectivity index (χ4n) is 3.19. The molecule has 32 heavy (non-hydrogen) atoms. The van der Waals surface area contributed by atoms with E-state index in [1.165, 1.54) is 33.5 Å². The predicted molar refractivity (Wildman–Crippen MR) is 121 cm³/mol. The minimum absolute atomic E-state index is 0.233. The molecule has 0 unspecified atom stereocenters. The molecule has 0 aliphatic carbocycles. The monoisotopic (exact) mass is 435 g/mol. The van der Waals surface area contributed by atoms with Crippen LogP contribution in [0.15, 0.2) is 54.6 Å². The van der Waals surface area contributed by atoms with Crippen LogP contribution < -0.4 is 24.3 Å². The summed E-state index contributed by atoms with van der Waals surface area (Å²) in [6, 6.07) is 15.1. The summed E-state index contributed by atoms with van der Waals surface area (Å²) in [6.07, 6.45) is 0. The van der Waals surface area contributed by atoms with Crippen molar-refractivity contribution in [3.63, 3.8) is 0 Å². The molecular weight excluding hydrogens is 410 g/mol. The second kappa shape index (κ2) is 9.87. The molecule has 0 spiro atoms. The Labute approximate surface area is 186 Å². The molecule has 0 aromatic heterocycles. The number of amides is 1. The second-order valence-corrected chi connectivity index (χ2v) is 7.10. The highest BCUT2D eigenvalue weighted by molar-refractivity contribution is 6.04. The van der Waals surface area contributed by atoms with E-state index in [4.69, 9.17) is 18.9 Å². The number of esters is 1. The van der Waals surface area contributed by atoms with Crippen LogP contribution in [0.2, 0.25) is 0 Å². The lowest BCUT2D eigenvalue weighted by Gasteiger charge is -2.14. The summed E-state index contributed by atoms with van der Waals surface area (Å²) in [7, 11) is 4.42. The van der Waals surface area contributed by atoms with Gasteiger partial charge in [0.05, 0.1) is 26.9 Å². The van der Waals surface area contributed by atoms with E-state index < -0.39 is 5.97 Å². The topological polar surface area (TPSA) is 83.1 Å². The predicted octanol–water partition coefficient (Wildman–Crippen LogP) is 4.80. The molecule has 0 aliphatic rings. The van der Waals surface area contributed by atoms with Gasteiger partial charge >= 0.3 is 5.97 Å². The van der Waals surface area contributed by atoms with Gasteiger partial charge in [0.15, 0.2) is 11.5 Å². The summed E-state index contributed by atoms with van der Waals surface area (Å²) < 4.78 is 21.2. The van der Waals surface area contributed by atoms with Crippen LogP contribution in [0.25, 0.3) is 0 Å². The lowest BCUT2D eigenvalue weighted by Crippen LogP contribution is -2.13. The fourth-order valence-corrected chi connectivity index (χ4v) is 3.19. The standard InChI is InChI=1S/C25H25NO6/c1-15-6-11-20(16(2)12-15)26-24(27)17-7-9-19(10-8-17)32-25(28)18-13-21(29-3)23(31-5)22(14-18)30-4/h6-14H,1-5H3,(H,26,27). The van der Waals surface area contributed by atoms with Crippen LogP contribution in [-0.4, -0.2) is 33.2 Å². The fraction of sp³-hybridized carbons (Fsp3) is 0.200. The van der Waals surface area contributed by atoms with Crippen molar-refractivity contribution in [1.29, 1.82) is 0 Å². The van der Waals surface area contributed by atoms with Crippen molar-refractivity contribution in [3.8, 4) is 23.0 Å². The summed E-state index contributed by atoms with van der Waals surface area (Å²) in [6.45, 7) is 3.94. The van der Waals surface area contributed by atoms with E-state index in [9.17, 15) is 9.59 Å². The normalized spacial score (nSPS) is 10.3. The van der Waals surface area contributed by atoms with Crippen molar-refractivity contribution in [1.82, 2.24) is 0 Å². The van der Waals surface area contributed by atoms with Gasteiger partial charge in [-0.05, 0) is 61.9 Å². The lowest BCUT2D eigenvalue weighted by atomic mass is 10.1. The van der Waals surface area contributed by atoms with Gasteiger partial charge in [0, 0.05) is 11.3 Å². The van der Waals surface area contributed by atoms with Gasteiger partial charge in [0.25, 0.3) is 5.91 Å². The number of hydrogen-bond donors (Lipinski definition) is 1. The molecule has 0 bridgehead atoms. The number of rotatable bonds is 7. The molecule has 7 heteroatoms. The first-order valence-electron chi connectivity index (χ1n) is 9.87. The molecule has 0 atom stereocenters. The molecule has 0 fully saturated rings. The zero-order valence-electron chi connectivity index (χ0n) is 18.6. The Bertz CT molecular complexity index is 1110. The smallest absolute Gasteiger partial charge is 0.343 e. The Balaban J connectivity index is 1.73.